The molecule has 1 aliphatic rings. The van der Waals surface area contributed by atoms with Gasteiger partial charge >= 0.3 is 5.97 Å². The number of rotatable bonds is 5. The molecule has 0 aromatic carbocycles. The third-order valence-corrected chi connectivity index (χ3v) is 5.07. The van der Waals surface area contributed by atoms with Crippen molar-refractivity contribution >= 4 is 28.9 Å². The van der Waals surface area contributed by atoms with Crippen molar-refractivity contribution in [3.8, 4) is 0 Å². The van der Waals surface area contributed by atoms with Crippen molar-refractivity contribution in [1.82, 2.24) is 14.5 Å². The fraction of sp³-hybridized carbons (Fsp3) is 0.533. The standard InChI is InChI=1S/C15H19N3O2S/c1-10-6-11-13(16-7-10)18(9-15(2)4-3-5-15)14(17-11)21-8-12(19)20/h6-7H,3-5,8-9H2,1-2H3,(H,19,20). The first-order chi connectivity index (χ1) is 9.97. The third-order valence-electron chi connectivity index (χ3n) is 4.11. The van der Waals surface area contributed by atoms with Gasteiger partial charge in [-0.15, -0.1) is 0 Å². The Labute approximate surface area is 127 Å². The Kier molecular flexibility index (Phi) is 3.65. The molecule has 0 unspecified atom stereocenters. The van der Waals surface area contributed by atoms with Crippen LogP contribution in [0.3, 0.4) is 0 Å². The van der Waals surface area contributed by atoms with E-state index < -0.39 is 5.97 Å². The van der Waals surface area contributed by atoms with E-state index in [4.69, 9.17) is 5.11 Å². The summed E-state index contributed by atoms with van der Waals surface area (Å²) < 4.78 is 2.10. The van der Waals surface area contributed by atoms with Gasteiger partial charge in [0.05, 0.1) is 5.75 Å². The molecule has 0 amide bonds. The van der Waals surface area contributed by atoms with Crippen molar-refractivity contribution < 1.29 is 9.90 Å². The number of aryl methyl sites for hydroxylation is 1. The summed E-state index contributed by atoms with van der Waals surface area (Å²) in [6.07, 6.45) is 5.53. The molecule has 1 saturated carbocycles. The summed E-state index contributed by atoms with van der Waals surface area (Å²) in [5, 5.41) is 9.66. The summed E-state index contributed by atoms with van der Waals surface area (Å²) in [5.41, 5.74) is 3.07. The lowest BCUT2D eigenvalue weighted by atomic mass is 9.70. The van der Waals surface area contributed by atoms with Gasteiger partial charge < -0.3 is 9.67 Å². The van der Waals surface area contributed by atoms with Crippen LogP contribution in [0.4, 0.5) is 0 Å². The Morgan fingerprint density at radius 2 is 2.29 bits per heavy atom. The fourth-order valence-electron chi connectivity index (χ4n) is 2.79. The summed E-state index contributed by atoms with van der Waals surface area (Å²) in [7, 11) is 0. The van der Waals surface area contributed by atoms with Crippen LogP contribution in [0.25, 0.3) is 11.2 Å². The molecule has 0 bridgehead atoms. The Morgan fingerprint density at radius 3 is 2.90 bits per heavy atom. The van der Waals surface area contributed by atoms with Gasteiger partial charge in [-0.05, 0) is 36.8 Å². The molecule has 3 rings (SSSR count). The van der Waals surface area contributed by atoms with E-state index >= 15 is 0 Å². The second kappa shape index (κ2) is 5.33. The van der Waals surface area contributed by atoms with E-state index in [0.29, 0.717) is 5.41 Å². The highest BCUT2D eigenvalue weighted by Crippen LogP contribution is 2.43. The van der Waals surface area contributed by atoms with Gasteiger partial charge in [-0.3, -0.25) is 4.79 Å². The Hall–Kier alpha value is -1.56. The Morgan fingerprint density at radius 1 is 1.52 bits per heavy atom. The summed E-state index contributed by atoms with van der Waals surface area (Å²) >= 11 is 1.27. The predicted octanol–water partition coefficient (Wildman–Crippen LogP) is 3.11. The molecule has 2 heterocycles. The molecule has 2 aromatic heterocycles. The zero-order valence-electron chi connectivity index (χ0n) is 12.3. The summed E-state index contributed by atoms with van der Waals surface area (Å²) in [4.78, 5) is 19.9. The van der Waals surface area contributed by atoms with Crippen molar-refractivity contribution in [3.05, 3.63) is 17.8 Å². The lowest BCUT2D eigenvalue weighted by Crippen LogP contribution is -2.31. The van der Waals surface area contributed by atoms with Gasteiger partial charge in [-0.25, -0.2) is 9.97 Å². The van der Waals surface area contributed by atoms with Gasteiger partial charge in [0.2, 0.25) is 0 Å². The van der Waals surface area contributed by atoms with Gasteiger partial charge in [0.1, 0.15) is 5.52 Å². The fourth-order valence-corrected chi connectivity index (χ4v) is 3.51. The number of carboxylic acids is 1. The van der Waals surface area contributed by atoms with Crippen molar-refractivity contribution in [1.29, 1.82) is 0 Å². The van der Waals surface area contributed by atoms with Crippen LogP contribution in [0.1, 0.15) is 31.7 Å². The molecule has 1 fully saturated rings. The van der Waals surface area contributed by atoms with Crippen LogP contribution in [0.2, 0.25) is 0 Å². The SMILES string of the molecule is Cc1cnc2c(c1)nc(SCC(=O)O)n2CC1(C)CCC1. The number of aliphatic carboxylic acids is 1. The molecule has 112 valence electrons. The minimum atomic E-state index is -0.822. The Balaban J connectivity index is 1.99. The maximum absolute atomic E-state index is 10.8. The Bertz CT molecular complexity index is 692. The quantitative estimate of drug-likeness (QED) is 0.860. The second-order valence-electron chi connectivity index (χ2n) is 6.18. The number of pyridine rings is 1. The molecule has 6 heteroatoms. The van der Waals surface area contributed by atoms with Gasteiger partial charge in [0.15, 0.2) is 10.8 Å². The smallest absolute Gasteiger partial charge is 0.313 e. The summed E-state index contributed by atoms with van der Waals surface area (Å²) in [6.45, 7) is 5.13. The number of thioether (sulfide) groups is 1. The number of imidazole rings is 1. The lowest BCUT2D eigenvalue weighted by Gasteiger charge is -2.38. The van der Waals surface area contributed by atoms with E-state index in [1.807, 2.05) is 19.2 Å². The molecule has 21 heavy (non-hydrogen) atoms. The van der Waals surface area contributed by atoms with E-state index in [1.165, 1.54) is 31.0 Å². The van der Waals surface area contributed by atoms with Crippen molar-refractivity contribution in [2.45, 2.75) is 44.8 Å². The molecule has 0 spiro atoms. The maximum Gasteiger partial charge on any atom is 0.313 e. The monoisotopic (exact) mass is 305 g/mol. The molecule has 1 N–H and O–H groups in total. The van der Waals surface area contributed by atoms with Crippen LogP contribution >= 0.6 is 11.8 Å². The highest BCUT2D eigenvalue weighted by Gasteiger charge is 2.33. The predicted molar refractivity (Wildman–Crippen MR) is 82.6 cm³/mol. The molecular formula is C15H19N3O2S. The molecule has 1 aliphatic carbocycles. The van der Waals surface area contributed by atoms with E-state index in [-0.39, 0.29) is 5.75 Å². The molecule has 0 radical (unpaired) electrons. The van der Waals surface area contributed by atoms with Gasteiger partial charge in [0, 0.05) is 12.7 Å². The first-order valence-corrected chi connectivity index (χ1v) is 8.13. The largest absolute Gasteiger partial charge is 0.481 e. The average molecular weight is 305 g/mol. The molecule has 0 saturated heterocycles. The second-order valence-corrected chi connectivity index (χ2v) is 7.13. The zero-order chi connectivity index (χ0) is 15.0. The topological polar surface area (TPSA) is 68.0 Å². The van der Waals surface area contributed by atoms with Crippen LogP contribution < -0.4 is 0 Å². The van der Waals surface area contributed by atoms with Crippen LogP contribution in [0.15, 0.2) is 17.4 Å². The number of hydrogen-bond donors (Lipinski definition) is 1. The lowest BCUT2D eigenvalue weighted by molar-refractivity contribution is -0.133. The van der Waals surface area contributed by atoms with Crippen LogP contribution in [0, 0.1) is 12.3 Å². The number of hydrogen-bond acceptors (Lipinski definition) is 4. The molecule has 2 aromatic rings. The van der Waals surface area contributed by atoms with Crippen LogP contribution in [0.5, 0.6) is 0 Å². The van der Waals surface area contributed by atoms with Gasteiger partial charge in [-0.1, -0.05) is 25.1 Å². The first-order valence-electron chi connectivity index (χ1n) is 7.14. The molecular weight excluding hydrogens is 286 g/mol. The van der Waals surface area contributed by atoms with Crippen LogP contribution in [-0.2, 0) is 11.3 Å². The van der Waals surface area contributed by atoms with E-state index in [2.05, 4.69) is 21.5 Å². The zero-order valence-corrected chi connectivity index (χ0v) is 13.1. The average Bonchev–Trinajstić information content (AvgIpc) is 2.71. The van der Waals surface area contributed by atoms with Crippen molar-refractivity contribution in [2.24, 2.45) is 5.41 Å². The number of aromatic nitrogens is 3. The number of carboxylic acid groups (broad SMARTS) is 1. The van der Waals surface area contributed by atoms with Crippen LogP contribution in [-0.4, -0.2) is 31.4 Å². The van der Waals surface area contributed by atoms with Gasteiger partial charge in [-0.2, -0.15) is 0 Å². The normalized spacial score (nSPS) is 16.9. The minimum Gasteiger partial charge on any atom is -0.481 e. The molecule has 0 aliphatic heterocycles. The number of carbonyl (C=O) groups is 1. The maximum atomic E-state index is 10.8. The molecule has 5 nitrogen and oxygen atoms in total. The summed E-state index contributed by atoms with van der Waals surface area (Å²) in [5.74, 6) is -0.795. The van der Waals surface area contributed by atoms with E-state index in [1.54, 1.807) is 0 Å². The number of nitrogens with zero attached hydrogens (tertiary/aromatic N) is 3. The van der Waals surface area contributed by atoms with Crippen molar-refractivity contribution in [3.63, 3.8) is 0 Å². The van der Waals surface area contributed by atoms with E-state index in [0.717, 1.165) is 28.4 Å². The third kappa shape index (κ3) is 2.90. The van der Waals surface area contributed by atoms with Crippen molar-refractivity contribution in [2.75, 3.05) is 5.75 Å². The highest BCUT2D eigenvalue weighted by molar-refractivity contribution is 7.99. The van der Waals surface area contributed by atoms with E-state index in [9.17, 15) is 4.79 Å². The number of fused-ring (bicyclic) bond motifs is 1. The van der Waals surface area contributed by atoms with Gasteiger partial charge in [0.25, 0.3) is 0 Å². The summed E-state index contributed by atoms with van der Waals surface area (Å²) in [6, 6.07) is 2.01. The highest BCUT2D eigenvalue weighted by atomic mass is 32.2. The minimum absolute atomic E-state index is 0.0268. The first kappa shape index (κ1) is 14.4. The molecule has 0 atom stereocenters.